The average Bonchev–Trinajstić information content (AvgIpc) is 2.74. The lowest BCUT2D eigenvalue weighted by Crippen LogP contribution is -2.34. The molecule has 0 bridgehead atoms. The Balaban J connectivity index is 2.10. The van der Waals surface area contributed by atoms with Crippen LogP contribution >= 0.6 is 11.8 Å². The van der Waals surface area contributed by atoms with Gasteiger partial charge in [0.25, 0.3) is 11.1 Å². The van der Waals surface area contributed by atoms with Crippen molar-refractivity contribution in [1.29, 1.82) is 0 Å². The molecular weight excluding hydrogens is 288 g/mol. The Morgan fingerprint density at radius 2 is 2.00 bits per heavy atom. The van der Waals surface area contributed by atoms with Crippen LogP contribution < -0.4 is 10.1 Å². The molecule has 1 aliphatic heterocycles. The molecule has 0 spiro atoms. The number of carbonyl (C=O) groups excluding carboxylic acids is 2. The van der Waals surface area contributed by atoms with E-state index in [2.05, 4.69) is 5.32 Å². The molecule has 21 heavy (non-hydrogen) atoms. The maximum absolute atomic E-state index is 12.2. The molecule has 1 N–H and O–H groups in total. The monoisotopic (exact) mass is 306 g/mol. The fourth-order valence-corrected chi connectivity index (χ4v) is 2.76. The summed E-state index contributed by atoms with van der Waals surface area (Å²) in [5, 5.41) is 2.71. The van der Waals surface area contributed by atoms with Crippen LogP contribution in [-0.2, 0) is 4.79 Å². The molecule has 2 rings (SSSR count). The van der Waals surface area contributed by atoms with E-state index in [0.29, 0.717) is 24.6 Å². The van der Waals surface area contributed by atoms with E-state index in [1.54, 1.807) is 13.1 Å². The van der Waals surface area contributed by atoms with Crippen molar-refractivity contribution in [1.82, 2.24) is 10.2 Å². The highest BCUT2D eigenvalue weighted by Gasteiger charge is 2.34. The number of amides is 2. The van der Waals surface area contributed by atoms with Crippen molar-refractivity contribution in [2.45, 2.75) is 6.92 Å². The summed E-state index contributed by atoms with van der Waals surface area (Å²) < 4.78 is 5.37. The average molecular weight is 306 g/mol. The predicted octanol–water partition coefficient (Wildman–Crippen LogP) is 2.34. The van der Waals surface area contributed by atoms with Crippen LogP contribution in [-0.4, -0.2) is 42.8 Å². The molecule has 0 atom stereocenters. The van der Waals surface area contributed by atoms with E-state index >= 15 is 0 Å². The summed E-state index contributed by atoms with van der Waals surface area (Å²) in [7, 11) is 1.79. The summed E-state index contributed by atoms with van der Waals surface area (Å²) >= 11 is 0.981. The normalized spacial score (nSPS) is 16.9. The third-order valence-electron chi connectivity index (χ3n) is 2.95. The molecule has 0 unspecified atom stereocenters. The summed E-state index contributed by atoms with van der Waals surface area (Å²) in [5.74, 6) is 0.561. The maximum Gasteiger partial charge on any atom is 0.293 e. The Morgan fingerprint density at radius 1 is 1.29 bits per heavy atom. The zero-order valence-corrected chi connectivity index (χ0v) is 12.9. The van der Waals surface area contributed by atoms with E-state index in [9.17, 15) is 9.59 Å². The second-order valence-electron chi connectivity index (χ2n) is 4.44. The molecule has 1 fully saturated rings. The first-order valence-corrected chi connectivity index (χ1v) is 7.60. The van der Waals surface area contributed by atoms with Gasteiger partial charge < -0.3 is 10.1 Å². The number of likely N-dealkylation sites (N-methyl/N-ethyl adjacent to an activating group) is 1. The number of benzene rings is 1. The Labute approximate surface area is 128 Å². The summed E-state index contributed by atoms with van der Waals surface area (Å²) in [4.78, 5) is 25.7. The Bertz CT molecular complexity index is 555. The molecule has 0 aromatic heterocycles. The summed E-state index contributed by atoms with van der Waals surface area (Å²) in [6, 6.07) is 7.43. The Morgan fingerprint density at radius 3 is 2.62 bits per heavy atom. The van der Waals surface area contributed by atoms with Crippen molar-refractivity contribution in [3.8, 4) is 5.75 Å². The van der Waals surface area contributed by atoms with Gasteiger partial charge in [0, 0.05) is 13.1 Å². The zero-order chi connectivity index (χ0) is 15.2. The van der Waals surface area contributed by atoms with Gasteiger partial charge in [-0.3, -0.25) is 14.5 Å². The van der Waals surface area contributed by atoms with Crippen LogP contribution in [0.2, 0.25) is 0 Å². The largest absolute Gasteiger partial charge is 0.494 e. The second-order valence-corrected chi connectivity index (χ2v) is 5.43. The van der Waals surface area contributed by atoms with Gasteiger partial charge >= 0.3 is 0 Å². The van der Waals surface area contributed by atoms with E-state index in [1.807, 2.05) is 31.2 Å². The Hall–Kier alpha value is -1.79. The first-order valence-electron chi connectivity index (χ1n) is 6.78. The number of nitrogens with zero attached hydrogens (tertiary/aromatic N) is 1. The van der Waals surface area contributed by atoms with Gasteiger partial charge in [0.2, 0.25) is 0 Å². The van der Waals surface area contributed by atoms with Gasteiger partial charge in [-0.15, -0.1) is 0 Å². The summed E-state index contributed by atoms with van der Waals surface area (Å²) in [5.41, 5.74) is 0.873. The molecule has 1 saturated heterocycles. The van der Waals surface area contributed by atoms with Crippen LogP contribution in [0.25, 0.3) is 6.08 Å². The third kappa shape index (κ3) is 3.86. The summed E-state index contributed by atoms with van der Waals surface area (Å²) in [6.07, 6.45) is 1.74. The van der Waals surface area contributed by atoms with Crippen LogP contribution in [0.5, 0.6) is 5.75 Å². The van der Waals surface area contributed by atoms with E-state index in [-0.39, 0.29) is 11.1 Å². The maximum atomic E-state index is 12.2. The van der Waals surface area contributed by atoms with Gasteiger partial charge in [0.1, 0.15) is 5.75 Å². The lowest BCUT2D eigenvalue weighted by Gasteiger charge is -2.11. The molecular formula is C15H18N2O3S. The fraction of sp³-hybridized carbons (Fsp3) is 0.333. The van der Waals surface area contributed by atoms with Gasteiger partial charge in [-0.2, -0.15) is 0 Å². The Kier molecular flexibility index (Phi) is 5.41. The number of hydrogen-bond acceptors (Lipinski definition) is 5. The molecule has 6 heteroatoms. The molecule has 1 aliphatic rings. The topological polar surface area (TPSA) is 58.6 Å². The van der Waals surface area contributed by atoms with Crippen molar-refractivity contribution in [2.75, 3.05) is 26.7 Å². The molecule has 1 aromatic carbocycles. The fourth-order valence-electron chi connectivity index (χ4n) is 1.89. The van der Waals surface area contributed by atoms with E-state index in [1.165, 1.54) is 4.90 Å². The molecule has 1 heterocycles. The molecule has 2 amide bonds. The first-order chi connectivity index (χ1) is 10.2. The van der Waals surface area contributed by atoms with E-state index in [4.69, 9.17) is 4.74 Å². The summed E-state index contributed by atoms with van der Waals surface area (Å²) in [6.45, 7) is 3.52. The van der Waals surface area contributed by atoms with Crippen molar-refractivity contribution in [3.05, 3.63) is 34.7 Å². The van der Waals surface area contributed by atoms with E-state index in [0.717, 1.165) is 23.1 Å². The van der Waals surface area contributed by atoms with Gasteiger partial charge in [-0.25, -0.2) is 0 Å². The zero-order valence-electron chi connectivity index (χ0n) is 12.1. The second kappa shape index (κ2) is 7.28. The van der Waals surface area contributed by atoms with Crippen LogP contribution in [0, 0.1) is 0 Å². The first kappa shape index (κ1) is 15.6. The van der Waals surface area contributed by atoms with Crippen LogP contribution in [0.3, 0.4) is 0 Å². The minimum absolute atomic E-state index is 0.215. The highest BCUT2D eigenvalue weighted by atomic mass is 32.2. The highest BCUT2D eigenvalue weighted by molar-refractivity contribution is 8.18. The van der Waals surface area contributed by atoms with Gasteiger partial charge in [0.05, 0.1) is 11.5 Å². The highest BCUT2D eigenvalue weighted by Crippen LogP contribution is 2.32. The van der Waals surface area contributed by atoms with Gasteiger partial charge in [0.15, 0.2) is 0 Å². The van der Waals surface area contributed by atoms with Crippen molar-refractivity contribution in [2.24, 2.45) is 0 Å². The van der Waals surface area contributed by atoms with Gasteiger partial charge in [-0.1, -0.05) is 12.1 Å². The molecule has 0 radical (unpaired) electrons. The van der Waals surface area contributed by atoms with E-state index < -0.39 is 0 Å². The number of imide groups is 1. The SMILES string of the molecule is CCOc1ccc(C=C2SC(=O)N(CCNC)C2=O)cc1. The molecule has 0 saturated carbocycles. The minimum Gasteiger partial charge on any atom is -0.494 e. The number of thioether (sulfide) groups is 1. The smallest absolute Gasteiger partial charge is 0.293 e. The lowest BCUT2D eigenvalue weighted by molar-refractivity contribution is -0.122. The van der Waals surface area contributed by atoms with Crippen LogP contribution in [0.4, 0.5) is 4.79 Å². The van der Waals surface area contributed by atoms with Crippen molar-refractivity contribution >= 4 is 29.0 Å². The third-order valence-corrected chi connectivity index (χ3v) is 3.86. The number of hydrogen-bond donors (Lipinski definition) is 1. The molecule has 5 nitrogen and oxygen atoms in total. The van der Waals surface area contributed by atoms with Gasteiger partial charge in [-0.05, 0) is 49.5 Å². The number of rotatable bonds is 6. The quantitative estimate of drug-likeness (QED) is 0.818. The van der Waals surface area contributed by atoms with Crippen LogP contribution in [0.1, 0.15) is 12.5 Å². The van der Waals surface area contributed by atoms with Crippen molar-refractivity contribution < 1.29 is 14.3 Å². The molecule has 0 aliphatic carbocycles. The number of nitrogens with one attached hydrogen (secondary N) is 1. The number of ether oxygens (including phenoxy) is 1. The van der Waals surface area contributed by atoms with Crippen molar-refractivity contribution in [3.63, 3.8) is 0 Å². The molecule has 1 aromatic rings. The predicted molar refractivity (Wildman–Crippen MR) is 84.2 cm³/mol. The lowest BCUT2D eigenvalue weighted by atomic mass is 10.2. The number of carbonyl (C=O) groups is 2. The standard InChI is InChI=1S/C15H18N2O3S/c1-3-20-12-6-4-11(5-7-12)10-13-14(18)17(9-8-16-2)15(19)21-13/h4-7,10,16H,3,8-9H2,1-2H3. The van der Waals surface area contributed by atoms with Crippen LogP contribution in [0.15, 0.2) is 29.2 Å². The molecule has 112 valence electrons. The minimum atomic E-state index is -0.228.